The van der Waals surface area contributed by atoms with Crippen molar-refractivity contribution in [1.29, 1.82) is 0 Å². The number of nitrogens with zero attached hydrogens (tertiary/aromatic N) is 1. The number of thiophene rings is 1. The lowest BCUT2D eigenvalue weighted by Gasteiger charge is -2.05. The molecule has 3 rings (SSSR count). The molecular weight excluding hydrogens is 266 g/mol. The maximum atomic E-state index is 9.27. The van der Waals surface area contributed by atoms with Crippen LogP contribution in [-0.4, -0.2) is 10.9 Å². The normalized spacial score (nSPS) is 17.6. The molecule has 1 aromatic carbocycles. The molecule has 1 heterocycles. The van der Waals surface area contributed by atoms with Crippen LogP contribution in [-0.2, 0) is 0 Å². The number of oxime groups is 1. The minimum atomic E-state index is 0.864. The third kappa shape index (κ3) is 2.38. The molecule has 2 nitrogen and oxygen atoms in total. The highest BCUT2D eigenvalue weighted by Gasteiger charge is 2.24. The Labute approximate surface area is 123 Å². The van der Waals surface area contributed by atoms with Crippen LogP contribution in [0.4, 0.5) is 0 Å². The van der Waals surface area contributed by atoms with Gasteiger partial charge in [-0.3, -0.25) is 0 Å². The van der Waals surface area contributed by atoms with Gasteiger partial charge in [-0.1, -0.05) is 42.3 Å². The van der Waals surface area contributed by atoms with E-state index in [0.29, 0.717) is 0 Å². The van der Waals surface area contributed by atoms with Crippen molar-refractivity contribution in [2.75, 3.05) is 0 Å². The standard InChI is InChI=1S/C17H19NOS/c1-2-3-6-12-9-10-14(18-19)17(12)16-11-13-7-4-5-8-15(13)20-16/h4-5,7-8,11,19H,2-3,6,9-10H2,1H3. The van der Waals surface area contributed by atoms with Gasteiger partial charge in [0.05, 0.1) is 5.71 Å². The number of benzene rings is 1. The van der Waals surface area contributed by atoms with Crippen molar-refractivity contribution >= 4 is 32.7 Å². The van der Waals surface area contributed by atoms with Crippen LogP contribution in [0.1, 0.15) is 43.9 Å². The molecule has 0 unspecified atom stereocenters. The topological polar surface area (TPSA) is 32.6 Å². The molecule has 0 atom stereocenters. The zero-order valence-corrected chi connectivity index (χ0v) is 12.5. The van der Waals surface area contributed by atoms with E-state index in [1.165, 1.54) is 39.0 Å². The lowest BCUT2D eigenvalue weighted by Crippen LogP contribution is -1.95. The van der Waals surface area contributed by atoms with Crippen LogP contribution in [0.15, 0.2) is 41.1 Å². The molecule has 1 aliphatic rings. The number of fused-ring (bicyclic) bond motifs is 1. The Morgan fingerprint density at radius 2 is 2.10 bits per heavy atom. The van der Waals surface area contributed by atoms with Crippen molar-refractivity contribution < 1.29 is 5.21 Å². The van der Waals surface area contributed by atoms with E-state index in [1.807, 2.05) is 0 Å². The van der Waals surface area contributed by atoms with Gasteiger partial charge in [0.15, 0.2) is 0 Å². The first-order valence-electron chi connectivity index (χ1n) is 7.25. The van der Waals surface area contributed by atoms with E-state index in [2.05, 4.69) is 42.4 Å². The van der Waals surface area contributed by atoms with E-state index >= 15 is 0 Å². The highest BCUT2D eigenvalue weighted by Crippen LogP contribution is 2.39. The first-order valence-corrected chi connectivity index (χ1v) is 8.07. The Bertz CT molecular complexity index is 648. The summed E-state index contributed by atoms with van der Waals surface area (Å²) in [5.41, 5.74) is 3.54. The molecule has 1 N–H and O–H groups in total. The Balaban J connectivity index is 2.07. The van der Waals surface area contributed by atoms with E-state index < -0.39 is 0 Å². The van der Waals surface area contributed by atoms with Crippen LogP contribution < -0.4 is 0 Å². The highest BCUT2D eigenvalue weighted by atomic mass is 32.1. The number of rotatable bonds is 4. The molecule has 0 amide bonds. The fourth-order valence-corrected chi connectivity index (χ4v) is 4.06. The van der Waals surface area contributed by atoms with E-state index in [-0.39, 0.29) is 0 Å². The molecule has 0 saturated carbocycles. The van der Waals surface area contributed by atoms with Gasteiger partial charge in [-0.2, -0.15) is 0 Å². The van der Waals surface area contributed by atoms with Crippen LogP contribution in [0.25, 0.3) is 15.7 Å². The Kier molecular flexibility index (Phi) is 3.88. The third-order valence-corrected chi connectivity index (χ3v) is 5.06. The smallest absolute Gasteiger partial charge is 0.0884 e. The lowest BCUT2D eigenvalue weighted by molar-refractivity contribution is 0.319. The molecule has 20 heavy (non-hydrogen) atoms. The fraction of sp³-hybridized carbons (Fsp3) is 0.353. The fourth-order valence-electron chi connectivity index (χ4n) is 2.89. The van der Waals surface area contributed by atoms with Crippen LogP contribution in [0.2, 0.25) is 0 Å². The lowest BCUT2D eigenvalue weighted by atomic mass is 10.0. The first-order chi connectivity index (χ1) is 9.83. The Hall–Kier alpha value is -1.61. The summed E-state index contributed by atoms with van der Waals surface area (Å²) in [5.74, 6) is 0. The third-order valence-electron chi connectivity index (χ3n) is 3.93. The number of hydrogen-bond acceptors (Lipinski definition) is 3. The van der Waals surface area contributed by atoms with E-state index in [4.69, 9.17) is 0 Å². The minimum Gasteiger partial charge on any atom is -0.411 e. The summed E-state index contributed by atoms with van der Waals surface area (Å²) in [4.78, 5) is 1.25. The van der Waals surface area contributed by atoms with Gasteiger partial charge in [0.25, 0.3) is 0 Å². The van der Waals surface area contributed by atoms with Crippen LogP contribution in [0, 0.1) is 0 Å². The van der Waals surface area contributed by atoms with Gasteiger partial charge in [-0.05, 0) is 43.2 Å². The maximum Gasteiger partial charge on any atom is 0.0884 e. The van der Waals surface area contributed by atoms with Gasteiger partial charge in [0.1, 0.15) is 0 Å². The van der Waals surface area contributed by atoms with Crippen molar-refractivity contribution in [3.63, 3.8) is 0 Å². The summed E-state index contributed by atoms with van der Waals surface area (Å²) in [6.45, 7) is 2.22. The van der Waals surface area contributed by atoms with Crippen molar-refractivity contribution in [3.05, 3.63) is 40.8 Å². The van der Waals surface area contributed by atoms with Crippen molar-refractivity contribution in [2.24, 2.45) is 5.16 Å². The molecule has 1 aliphatic carbocycles. The average molecular weight is 285 g/mol. The minimum absolute atomic E-state index is 0.864. The Morgan fingerprint density at radius 3 is 2.85 bits per heavy atom. The second kappa shape index (κ2) is 5.80. The quantitative estimate of drug-likeness (QED) is 0.586. The average Bonchev–Trinajstić information content (AvgIpc) is 3.07. The molecular formula is C17H19NOS. The van der Waals surface area contributed by atoms with E-state index in [0.717, 1.165) is 25.0 Å². The molecule has 104 valence electrons. The molecule has 0 saturated heterocycles. The maximum absolute atomic E-state index is 9.27. The zero-order valence-electron chi connectivity index (χ0n) is 11.7. The molecule has 0 bridgehead atoms. The largest absolute Gasteiger partial charge is 0.411 e. The molecule has 1 aromatic heterocycles. The second-order valence-electron chi connectivity index (χ2n) is 5.28. The summed E-state index contributed by atoms with van der Waals surface area (Å²) in [7, 11) is 0. The second-order valence-corrected chi connectivity index (χ2v) is 6.36. The van der Waals surface area contributed by atoms with Crippen molar-refractivity contribution in [1.82, 2.24) is 0 Å². The van der Waals surface area contributed by atoms with Crippen molar-refractivity contribution in [3.8, 4) is 0 Å². The summed E-state index contributed by atoms with van der Waals surface area (Å²) in [6, 6.07) is 10.7. The molecule has 0 spiro atoms. The van der Waals surface area contributed by atoms with Gasteiger partial charge in [-0.15, -0.1) is 11.3 Å². The van der Waals surface area contributed by atoms with Crippen LogP contribution >= 0.6 is 11.3 Å². The monoisotopic (exact) mass is 285 g/mol. The molecule has 0 aliphatic heterocycles. The predicted octanol–water partition coefficient (Wildman–Crippen LogP) is 5.47. The van der Waals surface area contributed by atoms with Crippen molar-refractivity contribution in [2.45, 2.75) is 39.0 Å². The van der Waals surface area contributed by atoms with Gasteiger partial charge >= 0.3 is 0 Å². The van der Waals surface area contributed by atoms with Crippen LogP contribution in [0.3, 0.4) is 0 Å². The first kappa shape index (κ1) is 13.4. The molecule has 0 radical (unpaired) electrons. The summed E-state index contributed by atoms with van der Waals surface area (Å²) >= 11 is 1.80. The van der Waals surface area contributed by atoms with Crippen LogP contribution in [0.5, 0.6) is 0 Å². The summed E-state index contributed by atoms with van der Waals surface area (Å²) < 4.78 is 1.30. The number of allylic oxidation sites excluding steroid dienone is 2. The SMILES string of the molecule is CCCCC1=C(c2cc3ccccc3s2)C(=NO)CC1. The molecule has 0 fully saturated rings. The van der Waals surface area contributed by atoms with E-state index in [9.17, 15) is 5.21 Å². The van der Waals surface area contributed by atoms with Gasteiger partial charge in [0.2, 0.25) is 0 Å². The van der Waals surface area contributed by atoms with Gasteiger partial charge in [-0.25, -0.2) is 0 Å². The molecule has 3 heteroatoms. The number of unbranched alkanes of at least 4 members (excludes halogenated alkanes) is 1. The molecule has 2 aromatic rings. The zero-order chi connectivity index (χ0) is 13.9. The predicted molar refractivity (Wildman–Crippen MR) is 86.7 cm³/mol. The summed E-state index contributed by atoms with van der Waals surface area (Å²) in [6.07, 6.45) is 5.46. The summed E-state index contributed by atoms with van der Waals surface area (Å²) in [5, 5.41) is 14.1. The Morgan fingerprint density at radius 1 is 1.25 bits per heavy atom. The highest BCUT2D eigenvalue weighted by molar-refractivity contribution is 7.20. The van der Waals surface area contributed by atoms with E-state index in [1.54, 1.807) is 11.3 Å². The van der Waals surface area contributed by atoms with Gasteiger partial charge < -0.3 is 5.21 Å². The van der Waals surface area contributed by atoms with Gasteiger partial charge in [0, 0.05) is 15.2 Å². The number of hydrogen-bond donors (Lipinski definition) is 1.